The standard InChI is InChI=1S/C10H16N4S/c1-7(5-11-9-3-4-9)6-15-10-12-8(2)13-14-10/h9,11H,1,3-6H2,2H3,(H,12,13,14). The summed E-state index contributed by atoms with van der Waals surface area (Å²) >= 11 is 1.63. The third kappa shape index (κ3) is 3.68. The first-order valence-electron chi connectivity index (χ1n) is 5.16. The summed E-state index contributed by atoms with van der Waals surface area (Å²) in [4.78, 5) is 4.22. The molecule has 0 atom stereocenters. The zero-order chi connectivity index (χ0) is 10.7. The van der Waals surface area contributed by atoms with Crippen molar-refractivity contribution in [2.24, 2.45) is 0 Å². The molecule has 82 valence electrons. The van der Waals surface area contributed by atoms with Gasteiger partial charge in [0, 0.05) is 18.3 Å². The average Bonchev–Trinajstić information content (AvgIpc) is 2.95. The van der Waals surface area contributed by atoms with Crippen molar-refractivity contribution in [3.05, 3.63) is 18.0 Å². The minimum absolute atomic E-state index is 0.748. The van der Waals surface area contributed by atoms with Gasteiger partial charge in [-0.3, -0.25) is 5.10 Å². The summed E-state index contributed by atoms with van der Waals surface area (Å²) in [6.07, 6.45) is 2.64. The number of H-pyrrole nitrogens is 1. The number of thioether (sulfide) groups is 1. The second-order valence-corrected chi connectivity index (χ2v) is 4.84. The van der Waals surface area contributed by atoms with Crippen LogP contribution in [0.4, 0.5) is 0 Å². The Morgan fingerprint density at radius 2 is 2.47 bits per heavy atom. The molecule has 1 aromatic rings. The first-order valence-corrected chi connectivity index (χ1v) is 6.14. The molecule has 0 aromatic carbocycles. The van der Waals surface area contributed by atoms with Gasteiger partial charge in [-0.15, -0.1) is 5.10 Å². The molecule has 4 nitrogen and oxygen atoms in total. The van der Waals surface area contributed by atoms with E-state index in [1.165, 1.54) is 18.4 Å². The maximum atomic E-state index is 4.22. The third-order valence-corrected chi connectivity index (χ3v) is 3.19. The van der Waals surface area contributed by atoms with Gasteiger partial charge in [0.25, 0.3) is 0 Å². The molecule has 2 N–H and O–H groups in total. The van der Waals surface area contributed by atoms with Gasteiger partial charge in [-0.2, -0.15) is 0 Å². The molecule has 0 bridgehead atoms. The molecular weight excluding hydrogens is 208 g/mol. The molecule has 1 saturated carbocycles. The Labute approximate surface area is 93.9 Å². The summed E-state index contributed by atoms with van der Waals surface area (Å²) in [6.45, 7) is 6.85. The van der Waals surface area contributed by atoms with E-state index in [2.05, 4.69) is 27.1 Å². The second kappa shape index (κ2) is 4.81. The SMILES string of the molecule is C=C(CNC1CC1)CSc1n[nH]c(C)n1. The van der Waals surface area contributed by atoms with E-state index in [-0.39, 0.29) is 0 Å². The number of hydrogen-bond donors (Lipinski definition) is 2. The Morgan fingerprint density at radius 1 is 1.67 bits per heavy atom. The van der Waals surface area contributed by atoms with Crippen molar-refractivity contribution < 1.29 is 0 Å². The lowest BCUT2D eigenvalue weighted by molar-refractivity contribution is 0.736. The van der Waals surface area contributed by atoms with Gasteiger partial charge in [-0.25, -0.2) is 4.98 Å². The van der Waals surface area contributed by atoms with Gasteiger partial charge in [0.15, 0.2) is 0 Å². The van der Waals surface area contributed by atoms with Gasteiger partial charge in [0.1, 0.15) is 5.82 Å². The van der Waals surface area contributed by atoms with Gasteiger partial charge < -0.3 is 5.32 Å². The lowest BCUT2D eigenvalue weighted by atomic mass is 10.3. The van der Waals surface area contributed by atoms with Gasteiger partial charge in [-0.1, -0.05) is 23.9 Å². The number of rotatable bonds is 6. The van der Waals surface area contributed by atoms with Crippen LogP contribution in [0.3, 0.4) is 0 Å². The highest BCUT2D eigenvalue weighted by Crippen LogP contribution is 2.19. The third-order valence-electron chi connectivity index (χ3n) is 2.20. The predicted molar refractivity (Wildman–Crippen MR) is 62.0 cm³/mol. The van der Waals surface area contributed by atoms with Crippen molar-refractivity contribution in [2.45, 2.75) is 31.0 Å². The summed E-state index contributed by atoms with van der Waals surface area (Å²) in [5, 5.41) is 11.1. The molecule has 0 spiro atoms. The van der Waals surface area contributed by atoms with Crippen molar-refractivity contribution in [3.8, 4) is 0 Å². The smallest absolute Gasteiger partial charge is 0.208 e. The van der Waals surface area contributed by atoms with Crippen LogP contribution in [0.2, 0.25) is 0 Å². The van der Waals surface area contributed by atoms with E-state index < -0.39 is 0 Å². The molecule has 1 fully saturated rings. The molecule has 0 saturated heterocycles. The van der Waals surface area contributed by atoms with E-state index in [0.717, 1.165) is 29.3 Å². The lowest BCUT2D eigenvalue weighted by Crippen LogP contribution is -2.19. The quantitative estimate of drug-likeness (QED) is 0.568. The maximum Gasteiger partial charge on any atom is 0.208 e. The monoisotopic (exact) mass is 224 g/mol. The molecule has 2 rings (SSSR count). The van der Waals surface area contributed by atoms with Crippen molar-refractivity contribution in [1.29, 1.82) is 0 Å². The van der Waals surface area contributed by atoms with Crippen LogP contribution in [0, 0.1) is 6.92 Å². The van der Waals surface area contributed by atoms with Gasteiger partial charge >= 0.3 is 0 Å². The molecular formula is C10H16N4S. The van der Waals surface area contributed by atoms with E-state index >= 15 is 0 Å². The summed E-state index contributed by atoms with van der Waals surface area (Å²) in [5.74, 6) is 1.75. The van der Waals surface area contributed by atoms with Crippen molar-refractivity contribution in [2.75, 3.05) is 12.3 Å². The van der Waals surface area contributed by atoms with Crippen molar-refractivity contribution >= 4 is 11.8 Å². The Kier molecular flexibility index (Phi) is 3.43. The van der Waals surface area contributed by atoms with Crippen molar-refractivity contribution in [3.63, 3.8) is 0 Å². The van der Waals surface area contributed by atoms with Crippen molar-refractivity contribution in [1.82, 2.24) is 20.5 Å². The van der Waals surface area contributed by atoms with E-state index in [1.807, 2.05) is 6.92 Å². The molecule has 1 aromatic heterocycles. The number of nitrogens with one attached hydrogen (secondary N) is 2. The average molecular weight is 224 g/mol. The Balaban J connectivity index is 1.65. The molecule has 5 heteroatoms. The summed E-state index contributed by atoms with van der Waals surface area (Å²) in [5.41, 5.74) is 1.20. The Morgan fingerprint density at radius 3 is 3.07 bits per heavy atom. The minimum Gasteiger partial charge on any atom is -0.310 e. The summed E-state index contributed by atoms with van der Waals surface area (Å²) in [7, 11) is 0. The van der Waals surface area contributed by atoms with Gasteiger partial charge in [-0.05, 0) is 19.8 Å². The molecule has 0 amide bonds. The van der Waals surface area contributed by atoms with E-state index in [1.54, 1.807) is 11.8 Å². The topological polar surface area (TPSA) is 53.6 Å². The number of aromatic nitrogens is 3. The Hall–Kier alpha value is -0.810. The van der Waals surface area contributed by atoms with E-state index in [9.17, 15) is 0 Å². The molecule has 15 heavy (non-hydrogen) atoms. The highest BCUT2D eigenvalue weighted by atomic mass is 32.2. The molecule has 0 aliphatic heterocycles. The molecule has 1 aliphatic rings. The molecule has 0 radical (unpaired) electrons. The fourth-order valence-corrected chi connectivity index (χ4v) is 1.93. The van der Waals surface area contributed by atoms with Crippen LogP contribution < -0.4 is 5.32 Å². The highest BCUT2D eigenvalue weighted by Gasteiger charge is 2.20. The lowest BCUT2D eigenvalue weighted by Gasteiger charge is -2.04. The summed E-state index contributed by atoms with van der Waals surface area (Å²) < 4.78 is 0. The first kappa shape index (κ1) is 10.7. The fraction of sp³-hybridized carbons (Fsp3) is 0.600. The van der Waals surface area contributed by atoms with E-state index in [0.29, 0.717) is 0 Å². The predicted octanol–water partition coefficient (Wildman–Crippen LogP) is 1.51. The number of hydrogen-bond acceptors (Lipinski definition) is 4. The first-order chi connectivity index (χ1) is 7.24. The zero-order valence-corrected chi connectivity index (χ0v) is 9.73. The highest BCUT2D eigenvalue weighted by molar-refractivity contribution is 7.99. The van der Waals surface area contributed by atoms with Gasteiger partial charge in [0.05, 0.1) is 0 Å². The number of aromatic amines is 1. The van der Waals surface area contributed by atoms with Crippen LogP contribution in [-0.2, 0) is 0 Å². The molecule has 1 heterocycles. The van der Waals surface area contributed by atoms with Crippen LogP contribution in [0.15, 0.2) is 17.3 Å². The van der Waals surface area contributed by atoms with Crippen LogP contribution in [-0.4, -0.2) is 33.5 Å². The largest absolute Gasteiger partial charge is 0.310 e. The molecule has 1 aliphatic carbocycles. The van der Waals surface area contributed by atoms with Crippen LogP contribution in [0.25, 0.3) is 0 Å². The second-order valence-electron chi connectivity index (χ2n) is 3.90. The Bertz CT molecular complexity index is 343. The number of aryl methyl sites for hydroxylation is 1. The minimum atomic E-state index is 0.748. The van der Waals surface area contributed by atoms with Crippen LogP contribution in [0.1, 0.15) is 18.7 Å². The zero-order valence-electron chi connectivity index (χ0n) is 8.92. The van der Waals surface area contributed by atoms with E-state index in [4.69, 9.17) is 0 Å². The summed E-state index contributed by atoms with van der Waals surface area (Å²) in [6, 6.07) is 0.748. The maximum absolute atomic E-state index is 4.22. The molecule has 0 unspecified atom stereocenters. The number of nitrogens with zero attached hydrogens (tertiary/aromatic N) is 2. The fourth-order valence-electron chi connectivity index (χ4n) is 1.18. The normalized spacial score (nSPS) is 15.5. The van der Waals surface area contributed by atoms with Crippen LogP contribution >= 0.6 is 11.8 Å². The van der Waals surface area contributed by atoms with Crippen LogP contribution in [0.5, 0.6) is 0 Å². The van der Waals surface area contributed by atoms with Gasteiger partial charge in [0.2, 0.25) is 5.16 Å².